The fraction of sp³-hybridized carbons (Fsp3) is 0.800. The van der Waals surface area contributed by atoms with Gasteiger partial charge in [-0.05, 0) is 37.4 Å². The third-order valence-electron chi connectivity index (χ3n) is 6.66. The molecule has 3 heteroatoms. The van der Waals surface area contributed by atoms with E-state index in [-0.39, 0.29) is 10.6 Å². The summed E-state index contributed by atoms with van der Waals surface area (Å²) in [5.74, 6) is 0.594. The minimum atomic E-state index is -1.73. The Morgan fingerprint density at radius 1 is 1.22 bits per heavy atom. The molecule has 2 aliphatic rings. The minimum absolute atomic E-state index is 0.123. The smallest absolute Gasteiger partial charge is 0.192 e. The van der Waals surface area contributed by atoms with Gasteiger partial charge in [-0.25, -0.2) is 0 Å². The van der Waals surface area contributed by atoms with Gasteiger partial charge in [0.25, 0.3) is 0 Å². The lowest BCUT2D eigenvalue weighted by atomic mass is 9.66. The van der Waals surface area contributed by atoms with Crippen LogP contribution in [-0.2, 0) is 4.43 Å². The van der Waals surface area contributed by atoms with Crippen LogP contribution in [0.1, 0.15) is 52.9 Å². The van der Waals surface area contributed by atoms with E-state index in [0.717, 1.165) is 19.5 Å². The Balaban J connectivity index is 2.27. The van der Waals surface area contributed by atoms with E-state index in [1.807, 2.05) is 6.08 Å². The van der Waals surface area contributed by atoms with Crippen molar-refractivity contribution in [3.63, 3.8) is 0 Å². The van der Waals surface area contributed by atoms with Crippen molar-refractivity contribution in [3.05, 3.63) is 25.3 Å². The molecule has 0 aromatic rings. The molecule has 132 valence electrons. The maximum Gasteiger partial charge on any atom is 0.192 e. The first-order chi connectivity index (χ1) is 10.7. The van der Waals surface area contributed by atoms with E-state index in [1.54, 1.807) is 0 Å². The third kappa shape index (κ3) is 3.52. The van der Waals surface area contributed by atoms with E-state index in [0.29, 0.717) is 12.0 Å². The van der Waals surface area contributed by atoms with E-state index in [2.05, 4.69) is 58.0 Å². The standard InChI is InChI=1S/C20H37NOSi/c1-8-15-21-16-13-18(22-23(6,7)19(3,4)5)17-12-10-11-14-20(17,21)9-2/h8-9,17-18H,1-2,10-16H2,3-7H3/t17-,18-,20-/m0/s1. The first-order valence-electron chi connectivity index (χ1n) is 9.35. The van der Waals surface area contributed by atoms with Crippen LogP contribution in [0.2, 0.25) is 18.1 Å². The highest BCUT2D eigenvalue weighted by Crippen LogP contribution is 2.48. The summed E-state index contributed by atoms with van der Waals surface area (Å²) in [4.78, 5) is 2.61. The molecule has 3 atom stereocenters. The quantitative estimate of drug-likeness (QED) is 0.494. The Morgan fingerprint density at radius 2 is 1.91 bits per heavy atom. The van der Waals surface area contributed by atoms with Crippen molar-refractivity contribution in [1.29, 1.82) is 0 Å². The lowest BCUT2D eigenvalue weighted by Gasteiger charge is -2.57. The highest BCUT2D eigenvalue weighted by Gasteiger charge is 2.51. The Kier molecular flexibility index (Phi) is 5.65. The van der Waals surface area contributed by atoms with E-state index in [4.69, 9.17) is 4.43 Å². The van der Waals surface area contributed by atoms with Crippen molar-refractivity contribution >= 4 is 8.32 Å². The Morgan fingerprint density at radius 3 is 2.48 bits per heavy atom. The molecule has 0 bridgehead atoms. The average molecular weight is 336 g/mol. The highest BCUT2D eigenvalue weighted by molar-refractivity contribution is 6.74. The molecule has 1 aliphatic carbocycles. The van der Waals surface area contributed by atoms with Crippen molar-refractivity contribution in [2.45, 2.75) is 82.7 Å². The Labute approximate surface area is 145 Å². The largest absolute Gasteiger partial charge is 0.414 e. The summed E-state index contributed by atoms with van der Waals surface area (Å²) in [6.45, 7) is 22.1. The number of rotatable bonds is 5. The molecule has 2 nitrogen and oxygen atoms in total. The van der Waals surface area contributed by atoms with Gasteiger partial charge < -0.3 is 4.43 Å². The van der Waals surface area contributed by atoms with E-state index in [9.17, 15) is 0 Å². The van der Waals surface area contributed by atoms with Crippen molar-refractivity contribution in [2.24, 2.45) is 5.92 Å². The van der Waals surface area contributed by atoms with Crippen molar-refractivity contribution in [1.82, 2.24) is 4.90 Å². The van der Waals surface area contributed by atoms with Gasteiger partial charge in [-0.1, -0.05) is 45.8 Å². The summed E-state index contributed by atoms with van der Waals surface area (Å²) in [6, 6.07) is 0. The first-order valence-corrected chi connectivity index (χ1v) is 12.3. The van der Waals surface area contributed by atoms with Crippen LogP contribution in [-0.4, -0.2) is 37.9 Å². The Bertz CT molecular complexity index is 439. The maximum absolute atomic E-state index is 6.90. The SMILES string of the molecule is C=CCN1CC[C@H](O[Si](C)(C)C(C)(C)C)[C@@H]2CCCC[C@@]21C=C. The molecule has 1 saturated carbocycles. The fourth-order valence-electron chi connectivity index (χ4n) is 4.30. The molecule has 0 radical (unpaired) electrons. The van der Waals surface area contributed by atoms with E-state index in [1.165, 1.54) is 25.7 Å². The summed E-state index contributed by atoms with van der Waals surface area (Å²) in [5.41, 5.74) is 0.123. The molecule has 0 N–H and O–H groups in total. The molecular formula is C20H37NOSi. The zero-order valence-corrected chi connectivity index (χ0v) is 17.0. The molecule has 0 unspecified atom stereocenters. The number of hydrogen-bond acceptors (Lipinski definition) is 2. The maximum atomic E-state index is 6.90. The molecule has 0 aromatic heterocycles. The van der Waals surface area contributed by atoms with E-state index < -0.39 is 8.32 Å². The summed E-state index contributed by atoms with van der Waals surface area (Å²) in [5, 5.41) is 0.275. The third-order valence-corrected chi connectivity index (χ3v) is 11.2. The van der Waals surface area contributed by atoms with Gasteiger partial charge >= 0.3 is 0 Å². The molecule has 1 saturated heterocycles. The average Bonchev–Trinajstić information content (AvgIpc) is 2.48. The molecule has 1 heterocycles. The molecule has 2 rings (SSSR count). The van der Waals surface area contributed by atoms with Crippen LogP contribution in [0.4, 0.5) is 0 Å². The van der Waals surface area contributed by atoms with Crippen LogP contribution >= 0.6 is 0 Å². The van der Waals surface area contributed by atoms with Gasteiger partial charge in [0.1, 0.15) is 0 Å². The van der Waals surface area contributed by atoms with Gasteiger partial charge in [0.15, 0.2) is 8.32 Å². The molecule has 0 amide bonds. The molecule has 23 heavy (non-hydrogen) atoms. The van der Waals surface area contributed by atoms with Gasteiger partial charge in [0.2, 0.25) is 0 Å². The van der Waals surface area contributed by atoms with Crippen molar-refractivity contribution in [2.75, 3.05) is 13.1 Å². The predicted octanol–water partition coefficient (Wildman–Crippen LogP) is 5.38. The lowest BCUT2D eigenvalue weighted by Crippen LogP contribution is -2.63. The topological polar surface area (TPSA) is 12.5 Å². The zero-order chi connectivity index (χ0) is 17.3. The van der Waals surface area contributed by atoms with Crippen LogP contribution in [0.5, 0.6) is 0 Å². The molecule has 0 aromatic carbocycles. The van der Waals surface area contributed by atoms with Crippen LogP contribution in [0, 0.1) is 5.92 Å². The molecular weight excluding hydrogens is 298 g/mol. The number of nitrogens with zero attached hydrogens (tertiary/aromatic N) is 1. The number of fused-ring (bicyclic) bond motifs is 1. The van der Waals surface area contributed by atoms with Gasteiger partial charge in [-0.15, -0.1) is 13.2 Å². The van der Waals surface area contributed by atoms with Crippen molar-refractivity contribution in [3.8, 4) is 0 Å². The summed E-state index contributed by atoms with van der Waals surface area (Å²) in [7, 11) is -1.73. The Hall–Kier alpha value is -0.383. The van der Waals surface area contributed by atoms with Gasteiger partial charge in [0, 0.05) is 24.5 Å². The monoisotopic (exact) mass is 335 g/mol. The predicted molar refractivity (Wildman–Crippen MR) is 103 cm³/mol. The number of piperidine rings is 1. The number of hydrogen-bond donors (Lipinski definition) is 0. The number of likely N-dealkylation sites (tertiary alicyclic amines) is 1. The molecule has 0 spiro atoms. The normalized spacial score (nSPS) is 33.1. The molecule has 1 aliphatic heterocycles. The van der Waals surface area contributed by atoms with Crippen LogP contribution in [0.3, 0.4) is 0 Å². The minimum Gasteiger partial charge on any atom is -0.414 e. The summed E-state index contributed by atoms with van der Waals surface area (Å²) >= 11 is 0. The zero-order valence-electron chi connectivity index (χ0n) is 16.0. The second-order valence-corrected chi connectivity index (χ2v) is 13.7. The van der Waals surface area contributed by atoms with Crippen LogP contribution < -0.4 is 0 Å². The van der Waals surface area contributed by atoms with Gasteiger partial charge in [-0.2, -0.15) is 0 Å². The van der Waals surface area contributed by atoms with Crippen molar-refractivity contribution < 1.29 is 4.43 Å². The van der Waals surface area contributed by atoms with Crippen LogP contribution in [0.25, 0.3) is 0 Å². The second kappa shape index (κ2) is 6.85. The fourth-order valence-corrected chi connectivity index (χ4v) is 5.69. The van der Waals surface area contributed by atoms with Gasteiger partial charge in [0.05, 0.1) is 6.10 Å². The first kappa shape index (κ1) is 18.9. The highest BCUT2D eigenvalue weighted by atomic mass is 28.4. The van der Waals surface area contributed by atoms with Crippen LogP contribution in [0.15, 0.2) is 25.3 Å². The lowest BCUT2D eigenvalue weighted by molar-refractivity contribution is -0.0645. The second-order valence-electron chi connectivity index (χ2n) is 8.99. The summed E-state index contributed by atoms with van der Waals surface area (Å²) < 4.78 is 6.90. The summed E-state index contributed by atoms with van der Waals surface area (Å²) in [6.07, 6.45) is 11.0. The molecule has 2 fully saturated rings. The van der Waals surface area contributed by atoms with Gasteiger partial charge in [-0.3, -0.25) is 4.90 Å². The van der Waals surface area contributed by atoms with E-state index >= 15 is 0 Å².